The van der Waals surface area contributed by atoms with Gasteiger partial charge < -0.3 is 20.5 Å². The van der Waals surface area contributed by atoms with Crippen LogP contribution < -0.4 is 10.6 Å². The molecule has 3 N–H and O–H groups in total. The molecule has 6 nitrogen and oxygen atoms in total. The van der Waals surface area contributed by atoms with Gasteiger partial charge in [-0.05, 0) is 18.4 Å². The van der Waals surface area contributed by atoms with Crippen LogP contribution in [0.1, 0.15) is 31.4 Å². The summed E-state index contributed by atoms with van der Waals surface area (Å²) in [6, 6.07) is 7.03. The van der Waals surface area contributed by atoms with Gasteiger partial charge in [0.1, 0.15) is 0 Å². The Hall–Kier alpha value is -2.08. The van der Waals surface area contributed by atoms with E-state index in [0.717, 1.165) is 6.42 Å². The van der Waals surface area contributed by atoms with Crippen LogP contribution in [0.15, 0.2) is 30.3 Å². The van der Waals surface area contributed by atoms with Crippen molar-refractivity contribution in [3.63, 3.8) is 0 Å². The van der Waals surface area contributed by atoms with Crippen molar-refractivity contribution in [1.82, 2.24) is 10.6 Å². The Kier molecular flexibility index (Phi) is 7.89. The van der Waals surface area contributed by atoms with E-state index in [-0.39, 0.29) is 0 Å². The maximum Gasteiger partial charge on any atom is 0.330 e. The topological polar surface area (TPSA) is 87.7 Å². The van der Waals surface area contributed by atoms with Crippen molar-refractivity contribution >= 4 is 12.0 Å². The average molecular weight is 294 g/mol. The highest BCUT2D eigenvalue weighted by molar-refractivity contribution is 5.83. The molecule has 0 aliphatic carbocycles. The number of urea groups is 1. The first-order chi connectivity index (χ1) is 10.1. The maximum atomic E-state index is 11.7. The normalized spacial score (nSPS) is 11.7. The minimum atomic E-state index is -1.09. The molecule has 0 heterocycles. The largest absolute Gasteiger partial charge is 0.479 e. The number of carboxylic acids is 1. The molecular weight excluding hydrogens is 272 g/mol. The molecule has 0 saturated heterocycles. The Bertz CT molecular complexity index is 437. The standard InChI is InChI=1S/C15H22N2O4/c1-2-10-21-11-6-9-16-15(20)17-13(14(18)19)12-7-4-3-5-8-12/h3-5,7-8,13H,2,6,9-11H2,1H3,(H,18,19)(H2,16,17,20). The monoisotopic (exact) mass is 294 g/mol. The number of aliphatic carboxylic acids is 1. The minimum Gasteiger partial charge on any atom is -0.479 e. The SMILES string of the molecule is CCCOCCCNC(=O)NC(C(=O)O)c1ccccc1. The molecule has 0 bridgehead atoms. The fourth-order valence-electron chi connectivity index (χ4n) is 1.74. The first kappa shape index (κ1) is 17.0. The highest BCUT2D eigenvalue weighted by atomic mass is 16.5. The molecule has 21 heavy (non-hydrogen) atoms. The summed E-state index contributed by atoms with van der Waals surface area (Å²) >= 11 is 0. The number of benzene rings is 1. The van der Waals surface area contributed by atoms with Crippen LogP contribution in [0, 0.1) is 0 Å². The van der Waals surface area contributed by atoms with Gasteiger partial charge >= 0.3 is 12.0 Å². The van der Waals surface area contributed by atoms with E-state index in [4.69, 9.17) is 4.74 Å². The van der Waals surface area contributed by atoms with Crippen LogP contribution >= 0.6 is 0 Å². The summed E-state index contributed by atoms with van der Waals surface area (Å²) in [4.78, 5) is 22.9. The Morgan fingerprint density at radius 3 is 2.57 bits per heavy atom. The van der Waals surface area contributed by atoms with Gasteiger partial charge in [-0.25, -0.2) is 9.59 Å². The first-order valence-corrected chi connectivity index (χ1v) is 7.05. The van der Waals surface area contributed by atoms with E-state index < -0.39 is 18.0 Å². The fraction of sp³-hybridized carbons (Fsp3) is 0.467. The Balaban J connectivity index is 2.35. The van der Waals surface area contributed by atoms with Crippen molar-refractivity contribution in [3.8, 4) is 0 Å². The van der Waals surface area contributed by atoms with Gasteiger partial charge in [0, 0.05) is 19.8 Å². The van der Waals surface area contributed by atoms with Gasteiger partial charge in [0.15, 0.2) is 6.04 Å². The molecule has 1 unspecified atom stereocenters. The lowest BCUT2D eigenvalue weighted by Crippen LogP contribution is -2.41. The van der Waals surface area contributed by atoms with Gasteiger partial charge in [-0.1, -0.05) is 37.3 Å². The Morgan fingerprint density at radius 1 is 1.24 bits per heavy atom. The predicted octanol–water partition coefficient (Wildman–Crippen LogP) is 1.93. The molecule has 0 aromatic heterocycles. The summed E-state index contributed by atoms with van der Waals surface area (Å²) in [5.41, 5.74) is 0.534. The predicted molar refractivity (Wildman–Crippen MR) is 79.1 cm³/mol. The van der Waals surface area contributed by atoms with Crippen LogP contribution in [0.5, 0.6) is 0 Å². The second kappa shape index (κ2) is 9.77. The lowest BCUT2D eigenvalue weighted by molar-refractivity contribution is -0.139. The molecule has 2 amide bonds. The molecule has 1 aromatic rings. The van der Waals surface area contributed by atoms with E-state index in [0.29, 0.717) is 31.7 Å². The van der Waals surface area contributed by atoms with Gasteiger partial charge in [-0.2, -0.15) is 0 Å². The van der Waals surface area contributed by atoms with Gasteiger partial charge in [0.05, 0.1) is 0 Å². The number of carbonyl (C=O) groups is 2. The molecule has 1 aromatic carbocycles. The second-order valence-electron chi connectivity index (χ2n) is 4.55. The minimum absolute atomic E-state index is 0.441. The van der Waals surface area contributed by atoms with Crippen LogP contribution in [0.25, 0.3) is 0 Å². The second-order valence-corrected chi connectivity index (χ2v) is 4.55. The number of amides is 2. The van der Waals surface area contributed by atoms with Crippen LogP contribution in [-0.4, -0.2) is 36.9 Å². The quantitative estimate of drug-likeness (QED) is 0.607. The number of ether oxygens (including phenoxy) is 1. The number of hydrogen-bond donors (Lipinski definition) is 3. The van der Waals surface area contributed by atoms with E-state index >= 15 is 0 Å². The summed E-state index contributed by atoms with van der Waals surface area (Å²) in [6.07, 6.45) is 1.65. The molecule has 1 atom stereocenters. The summed E-state index contributed by atoms with van der Waals surface area (Å²) in [7, 11) is 0. The Labute approximate surface area is 124 Å². The van der Waals surface area contributed by atoms with E-state index in [1.165, 1.54) is 0 Å². The van der Waals surface area contributed by atoms with E-state index in [1.807, 2.05) is 6.92 Å². The number of carboxylic acid groups (broad SMARTS) is 1. The van der Waals surface area contributed by atoms with Crippen LogP contribution in [0.4, 0.5) is 4.79 Å². The molecular formula is C15H22N2O4. The highest BCUT2D eigenvalue weighted by Crippen LogP contribution is 2.12. The molecule has 0 fully saturated rings. The number of hydrogen-bond acceptors (Lipinski definition) is 3. The average Bonchev–Trinajstić information content (AvgIpc) is 2.49. The maximum absolute atomic E-state index is 11.7. The highest BCUT2D eigenvalue weighted by Gasteiger charge is 2.21. The molecule has 116 valence electrons. The van der Waals surface area contributed by atoms with Crippen molar-refractivity contribution in [2.24, 2.45) is 0 Å². The molecule has 6 heteroatoms. The van der Waals surface area contributed by atoms with Crippen LogP contribution in [0.2, 0.25) is 0 Å². The summed E-state index contributed by atoms with van der Waals surface area (Å²) < 4.78 is 5.29. The van der Waals surface area contributed by atoms with Crippen LogP contribution in [-0.2, 0) is 9.53 Å². The number of rotatable bonds is 9. The van der Waals surface area contributed by atoms with Crippen molar-refractivity contribution < 1.29 is 19.4 Å². The Morgan fingerprint density at radius 2 is 1.95 bits per heavy atom. The van der Waals surface area contributed by atoms with Gasteiger partial charge in [-0.3, -0.25) is 0 Å². The zero-order valence-electron chi connectivity index (χ0n) is 12.2. The number of nitrogens with one attached hydrogen (secondary N) is 2. The summed E-state index contributed by atoms with van der Waals surface area (Å²) in [5.74, 6) is -1.09. The van der Waals surface area contributed by atoms with Crippen molar-refractivity contribution in [3.05, 3.63) is 35.9 Å². The van der Waals surface area contributed by atoms with E-state index in [1.54, 1.807) is 30.3 Å². The zero-order valence-corrected chi connectivity index (χ0v) is 12.2. The van der Waals surface area contributed by atoms with E-state index in [2.05, 4.69) is 10.6 Å². The molecule has 0 saturated carbocycles. The molecule has 1 rings (SSSR count). The zero-order chi connectivity index (χ0) is 15.5. The van der Waals surface area contributed by atoms with Crippen molar-refractivity contribution in [1.29, 1.82) is 0 Å². The fourth-order valence-corrected chi connectivity index (χ4v) is 1.74. The third-order valence-corrected chi connectivity index (χ3v) is 2.75. The third-order valence-electron chi connectivity index (χ3n) is 2.75. The van der Waals surface area contributed by atoms with Crippen molar-refractivity contribution in [2.45, 2.75) is 25.8 Å². The van der Waals surface area contributed by atoms with Crippen molar-refractivity contribution in [2.75, 3.05) is 19.8 Å². The summed E-state index contributed by atoms with van der Waals surface area (Å²) in [6.45, 7) is 3.76. The molecule has 0 aliphatic heterocycles. The number of carbonyl (C=O) groups excluding carboxylic acids is 1. The molecule has 0 radical (unpaired) electrons. The first-order valence-electron chi connectivity index (χ1n) is 7.05. The van der Waals surface area contributed by atoms with E-state index in [9.17, 15) is 14.7 Å². The molecule has 0 spiro atoms. The van der Waals surface area contributed by atoms with Gasteiger partial charge in [-0.15, -0.1) is 0 Å². The smallest absolute Gasteiger partial charge is 0.330 e. The summed E-state index contributed by atoms with van der Waals surface area (Å²) in [5, 5.41) is 14.2. The lowest BCUT2D eigenvalue weighted by atomic mass is 10.1. The molecule has 0 aliphatic rings. The third kappa shape index (κ3) is 6.76. The van der Waals surface area contributed by atoms with Gasteiger partial charge in [0.25, 0.3) is 0 Å². The van der Waals surface area contributed by atoms with Crippen LogP contribution in [0.3, 0.4) is 0 Å². The lowest BCUT2D eigenvalue weighted by Gasteiger charge is -2.15. The van der Waals surface area contributed by atoms with Gasteiger partial charge in [0.2, 0.25) is 0 Å².